The zero-order chi connectivity index (χ0) is 18.7. The summed E-state index contributed by atoms with van der Waals surface area (Å²) in [5.74, 6) is -1.74. The van der Waals surface area contributed by atoms with Crippen molar-refractivity contribution in [2.24, 2.45) is 11.8 Å². The molecule has 0 aromatic heterocycles. The van der Waals surface area contributed by atoms with Crippen LogP contribution in [0.15, 0.2) is 12.7 Å². The van der Waals surface area contributed by atoms with Crippen molar-refractivity contribution in [1.29, 1.82) is 0 Å². The van der Waals surface area contributed by atoms with Gasteiger partial charge in [-0.25, -0.2) is 13.8 Å². The predicted molar refractivity (Wildman–Crippen MR) is 97.8 cm³/mol. The van der Waals surface area contributed by atoms with Gasteiger partial charge < -0.3 is 5.32 Å². The van der Waals surface area contributed by atoms with E-state index < -0.39 is 5.92 Å². The van der Waals surface area contributed by atoms with Crippen molar-refractivity contribution in [2.45, 2.75) is 56.5 Å². The van der Waals surface area contributed by atoms with Gasteiger partial charge in [-0.2, -0.15) is 0 Å². The zero-order valence-electron chi connectivity index (χ0n) is 15.7. The summed E-state index contributed by atoms with van der Waals surface area (Å²) in [6.07, 6.45) is 5.45. The van der Waals surface area contributed by atoms with E-state index in [-0.39, 0.29) is 18.7 Å². The standard InChI is InChI=1S/C19H32F2N4O/c1-3-18(26)22-13-14-4-5-15(25-10-7-19(20,21)8-11-25)12-16(14)17-6-9-24(2)23-17/h3,14-17,23H,1,4-13H2,2H3,(H,22,26). The second-order valence-corrected chi connectivity index (χ2v) is 8.18. The van der Waals surface area contributed by atoms with Crippen LogP contribution in [0.3, 0.4) is 0 Å². The number of nitrogens with one attached hydrogen (secondary N) is 2. The number of hydrogen-bond donors (Lipinski definition) is 2. The molecular weight excluding hydrogens is 338 g/mol. The van der Waals surface area contributed by atoms with Gasteiger partial charge in [0.05, 0.1) is 0 Å². The maximum Gasteiger partial charge on any atom is 0.250 e. The molecule has 7 heteroatoms. The molecule has 0 bridgehead atoms. The maximum atomic E-state index is 13.5. The Labute approximate surface area is 155 Å². The van der Waals surface area contributed by atoms with E-state index >= 15 is 0 Å². The Morgan fingerprint density at radius 3 is 2.62 bits per heavy atom. The predicted octanol–water partition coefficient (Wildman–Crippen LogP) is 2.01. The highest BCUT2D eigenvalue weighted by molar-refractivity contribution is 5.86. The Morgan fingerprint density at radius 1 is 1.27 bits per heavy atom. The molecule has 0 aromatic carbocycles. The topological polar surface area (TPSA) is 47.6 Å². The number of hydrazine groups is 1. The van der Waals surface area contributed by atoms with Crippen LogP contribution in [0.4, 0.5) is 8.78 Å². The van der Waals surface area contributed by atoms with Crippen LogP contribution < -0.4 is 10.7 Å². The fraction of sp³-hybridized carbons (Fsp3) is 0.842. The fourth-order valence-electron chi connectivity index (χ4n) is 4.90. The lowest BCUT2D eigenvalue weighted by molar-refractivity contribution is -0.116. The number of halogens is 2. The van der Waals surface area contributed by atoms with Crippen molar-refractivity contribution in [3.8, 4) is 0 Å². The zero-order valence-corrected chi connectivity index (χ0v) is 15.7. The van der Waals surface area contributed by atoms with Gasteiger partial charge in [0.15, 0.2) is 0 Å². The van der Waals surface area contributed by atoms with Crippen molar-refractivity contribution in [2.75, 3.05) is 33.2 Å². The summed E-state index contributed by atoms with van der Waals surface area (Å²) in [6.45, 7) is 6.21. The Hall–Kier alpha value is -1.05. The molecule has 4 atom stereocenters. The Morgan fingerprint density at radius 2 is 2.00 bits per heavy atom. The molecule has 2 heterocycles. The Balaban J connectivity index is 1.62. The van der Waals surface area contributed by atoms with Gasteiger partial charge in [0, 0.05) is 58.2 Å². The van der Waals surface area contributed by atoms with Crippen molar-refractivity contribution >= 4 is 5.91 Å². The molecule has 1 aliphatic carbocycles. The highest BCUT2D eigenvalue weighted by Crippen LogP contribution is 2.38. The van der Waals surface area contributed by atoms with Crippen LogP contribution in [-0.4, -0.2) is 67.0 Å². The minimum atomic E-state index is -2.49. The fourth-order valence-corrected chi connectivity index (χ4v) is 4.90. The number of nitrogens with zero attached hydrogens (tertiary/aromatic N) is 2. The summed E-state index contributed by atoms with van der Waals surface area (Å²) in [5, 5.41) is 5.09. The number of likely N-dealkylation sites (tertiary alicyclic amines) is 1. The van der Waals surface area contributed by atoms with Gasteiger partial charge in [0.25, 0.3) is 5.92 Å². The van der Waals surface area contributed by atoms with E-state index in [0.29, 0.717) is 43.6 Å². The van der Waals surface area contributed by atoms with Crippen molar-refractivity contribution < 1.29 is 13.6 Å². The molecule has 2 aliphatic heterocycles. The average molecular weight is 370 g/mol. The van der Waals surface area contributed by atoms with Gasteiger partial charge >= 0.3 is 0 Å². The van der Waals surface area contributed by atoms with E-state index in [2.05, 4.69) is 34.3 Å². The third-order valence-corrected chi connectivity index (χ3v) is 6.47. The molecule has 4 unspecified atom stereocenters. The molecule has 1 amide bonds. The summed E-state index contributed by atoms with van der Waals surface area (Å²) in [4.78, 5) is 13.9. The van der Waals surface area contributed by atoms with Crippen LogP contribution >= 0.6 is 0 Å². The van der Waals surface area contributed by atoms with E-state index in [1.807, 2.05) is 0 Å². The first kappa shape index (κ1) is 19.7. The molecule has 26 heavy (non-hydrogen) atoms. The molecule has 5 nitrogen and oxygen atoms in total. The van der Waals surface area contributed by atoms with E-state index in [1.54, 1.807) is 0 Å². The first-order chi connectivity index (χ1) is 12.4. The largest absolute Gasteiger partial charge is 0.352 e. The van der Waals surface area contributed by atoms with E-state index in [9.17, 15) is 13.6 Å². The SMILES string of the molecule is C=CC(=O)NCC1CCC(N2CCC(F)(F)CC2)CC1C1CCN(C)N1. The number of amides is 1. The second-order valence-electron chi connectivity index (χ2n) is 8.18. The number of piperidine rings is 1. The average Bonchev–Trinajstić information content (AvgIpc) is 3.06. The highest BCUT2D eigenvalue weighted by atomic mass is 19.3. The lowest BCUT2D eigenvalue weighted by Crippen LogP contribution is -2.52. The lowest BCUT2D eigenvalue weighted by atomic mass is 9.72. The van der Waals surface area contributed by atoms with Gasteiger partial charge in [-0.05, 0) is 43.6 Å². The van der Waals surface area contributed by atoms with Crippen LogP contribution in [0.5, 0.6) is 0 Å². The summed E-state index contributed by atoms with van der Waals surface area (Å²) >= 11 is 0. The molecule has 3 fully saturated rings. The molecule has 3 rings (SSSR count). The number of hydrogen-bond acceptors (Lipinski definition) is 4. The number of carbonyl (C=O) groups excluding carboxylic acids is 1. The van der Waals surface area contributed by atoms with Crippen LogP contribution in [0, 0.1) is 11.8 Å². The van der Waals surface area contributed by atoms with Gasteiger partial charge in [-0.1, -0.05) is 6.58 Å². The van der Waals surface area contributed by atoms with Gasteiger partial charge in [-0.3, -0.25) is 15.1 Å². The lowest BCUT2D eigenvalue weighted by Gasteiger charge is -2.45. The third kappa shape index (κ3) is 4.81. The molecule has 1 saturated carbocycles. The van der Waals surface area contributed by atoms with Gasteiger partial charge in [-0.15, -0.1) is 0 Å². The molecule has 0 spiro atoms. The van der Waals surface area contributed by atoms with Crippen LogP contribution in [0.25, 0.3) is 0 Å². The normalized spacial score (nSPS) is 36.0. The van der Waals surface area contributed by atoms with Crippen molar-refractivity contribution in [3.05, 3.63) is 12.7 Å². The molecule has 2 saturated heterocycles. The summed E-state index contributed by atoms with van der Waals surface area (Å²) in [6, 6.07) is 0.787. The first-order valence-electron chi connectivity index (χ1n) is 9.87. The van der Waals surface area contributed by atoms with Crippen molar-refractivity contribution in [3.63, 3.8) is 0 Å². The minimum absolute atomic E-state index is 0.0165. The smallest absolute Gasteiger partial charge is 0.250 e. The molecule has 148 valence electrons. The summed E-state index contributed by atoms with van der Waals surface area (Å²) in [5.41, 5.74) is 3.55. The number of rotatable bonds is 5. The van der Waals surface area contributed by atoms with Crippen LogP contribution in [0.1, 0.15) is 38.5 Å². The van der Waals surface area contributed by atoms with Crippen LogP contribution in [-0.2, 0) is 4.79 Å². The molecule has 0 aromatic rings. The minimum Gasteiger partial charge on any atom is -0.352 e. The molecule has 3 aliphatic rings. The maximum absolute atomic E-state index is 13.5. The van der Waals surface area contributed by atoms with E-state index in [1.165, 1.54) is 6.08 Å². The van der Waals surface area contributed by atoms with Gasteiger partial charge in [0.1, 0.15) is 0 Å². The Bertz CT molecular complexity index is 506. The molecular formula is C19H32F2N4O. The molecule has 2 N–H and O–H groups in total. The summed E-state index contributed by atoms with van der Waals surface area (Å²) in [7, 11) is 2.06. The van der Waals surface area contributed by atoms with Gasteiger partial charge in [0.2, 0.25) is 5.91 Å². The van der Waals surface area contributed by atoms with Crippen molar-refractivity contribution in [1.82, 2.24) is 20.7 Å². The third-order valence-electron chi connectivity index (χ3n) is 6.47. The van der Waals surface area contributed by atoms with E-state index in [0.717, 1.165) is 32.2 Å². The number of alkyl halides is 2. The summed E-state index contributed by atoms with van der Waals surface area (Å²) < 4.78 is 27.0. The molecule has 0 radical (unpaired) electrons. The highest BCUT2D eigenvalue weighted by Gasteiger charge is 2.42. The Kier molecular flexibility index (Phi) is 6.30. The quantitative estimate of drug-likeness (QED) is 0.727. The monoisotopic (exact) mass is 370 g/mol. The van der Waals surface area contributed by atoms with E-state index in [4.69, 9.17) is 0 Å². The first-order valence-corrected chi connectivity index (χ1v) is 9.87. The second kappa shape index (κ2) is 8.31. The van der Waals surface area contributed by atoms with Crippen LogP contribution in [0.2, 0.25) is 0 Å². The number of carbonyl (C=O) groups is 1.